The molecule has 2 aromatic carbocycles. The molecule has 0 atom stereocenters. The first kappa shape index (κ1) is 70.1. The monoisotopic (exact) mass is 1180 g/mol. The van der Waals surface area contributed by atoms with Gasteiger partial charge in [0.1, 0.15) is 11.5 Å². The molecule has 0 saturated heterocycles. The van der Waals surface area contributed by atoms with Crippen LogP contribution in [-0.4, -0.2) is 140 Å². The third kappa shape index (κ3) is 37.6. The van der Waals surface area contributed by atoms with E-state index in [9.17, 15) is 0 Å². The highest BCUT2D eigenvalue weighted by Crippen LogP contribution is 2.25. The third-order valence-electron chi connectivity index (χ3n) is 13.7. The van der Waals surface area contributed by atoms with Crippen molar-refractivity contribution in [1.29, 1.82) is 0 Å². The molecular formula is C56H106Br4N4O2. The number of quaternary nitrogens is 4. The molecule has 0 aliphatic heterocycles. The molecule has 0 aromatic heterocycles. The fourth-order valence-electron chi connectivity index (χ4n) is 9.11. The van der Waals surface area contributed by atoms with Crippen molar-refractivity contribution in [3.63, 3.8) is 0 Å². The second-order valence-corrected chi connectivity index (χ2v) is 22.1. The van der Waals surface area contributed by atoms with Crippen LogP contribution in [0.25, 0.3) is 11.1 Å². The highest BCUT2D eigenvalue weighted by Gasteiger charge is 2.18. The number of hydrogen-bond acceptors (Lipinski definition) is 2. The van der Waals surface area contributed by atoms with E-state index in [1.54, 1.807) is 0 Å². The van der Waals surface area contributed by atoms with Crippen LogP contribution in [0.2, 0.25) is 0 Å². The molecule has 66 heavy (non-hydrogen) atoms. The fourth-order valence-corrected chi connectivity index (χ4v) is 9.11. The van der Waals surface area contributed by atoms with E-state index in [-0.39, 0.29) is 67.9 Å². The summed E-state index contributed by atoms with van der Waals surface area (Å²) in [5.74, 6) is 1.94. The van der Waals surface area contributed by atoms with Gasteiger partial charge in [-0.1, -0.05) is 63.8 Å². The maximum Gasteiger partial charge on any atom is 0.119 e. The molecule has 390 valence electrons. The lowest BCUT2D eigenvalue weighted by Crippen LogP contribution is -3.00. The molecule has 0 aliphatic carbocycles. The van der Waals surface area contributed by atoms with E-state index < -0.39 is 0 Å². The first-order valence-electron chi connectivity index (χ1n) is 26.4. The van der Waals surface area contributed by atoms with Crippen LogP contribution in [0.4, 0.5) is 0 Å². The molecule has 0 N–H and O–H groups in total. The van der Waals surface area contributed by atoms with Crippen molar-refractivity contribution in [3.8, 4) is 22.6 Å². The van der Waals surface area contributed by atoms with Gasteiger partial charge in [-0.05, 0) is 164 Å². The average Bonchev–Trinajstić information content (AvgIpc) is 3.23. The Balaban J connectivity index is -0.00000992. The number of rotatable bonds is 41. The molecule has 0 unspecified atom stereocenters. The molecule has 6 nitrogen and oxygen atoms in total. The molecule has 0 saturated carbocycles. The van der Waals surface area contributed by atoms with Crippen LogP contribution in [0.15, 0.2) is 48.5 Å². The predicted molar refractivity (Wildman–Crippen MR) is 272 cm³/mol. The van der Waals surface area contributed by atoms with Crippen LogP contribution in [0.5, 0.6) is 11.5 Å². The summed E-state index contributed by atoms with van der Waals surface area (Å²) in [4.78, 5) is 0. The van der Waals surface area contributed by atoms with Crippen LogP contribution >= 0.6 is 0 Å². The Bertz CT molecular complexity index is 1260. The maximum absolute atomic E-state index is 6.12. The van der Waals surface area contributed by atoms with Crippen molar-refractivity contribution < 1.29 is 95.3 Å². The Hall–Kier alpha value is -0.200. The van der Waals surface area contributed by atoms with Gasteiger partial charge in [0.2, 0.25) is 0 Å². The van der Waals surface area contributed by atoms with E-state index in [0.29, 0.717) is 0 Å². The van der Waals surface area contributed by atoms with Gasteiger partial charge < -0.3 is 95.3 Å². The van der Waals surface area contributed by atoms with Crippen molar-refractivity contribution in [1.82, 2.24) is 0 Å². The second kappa shape index (κ2) is 41.4. The van der Waals surface area contributed by atoms with Gasteiger partial charge in [-0.3, -0.25) is 0 Å². The van der Waals surface area contributed by atoms with Gasteiger partial charge in [0.15, 0.2) is 0 Å². The van der Waals surface area contributed by atoms with Gasteiger partial charge in [0.25, 0.3) is 0 Å². The van der Waals surface area contributed by atoms with E-state index in [1.165, 1.54) is 214 Å². The summed E-state index contributed by atoms with van der Waals surface area (Å²) in [7, 11) is 19.4. The van der Waals surface area contributed by atoms with Crippen molar-refractivity contribution >= 4 is 0 Å². The van der Waals surface area contributed by atoms with Crippen molar-refractivity contribution in [2.75, 3.05) is 122 Å². The van der Waals surface area contributed by atoms with Gasteiger partial charge in [0, 0.05) is 0 Å². The van der Waals surface area contributed by atoms with Crippen molar-refractivity contribution in [2.24, 2.45) is 0 Å². The molecule has 0 spiro atoms. The standard InChI is InChI=1S/C56H106N4O2.4BrH/c1-11-13-15-25-43-57(3,4)45-27-17-19-29-47-59(7,8)49-31-21-23-33-51-61-55-39-35-53(36-40-55)54-37-41-56(42-38-54)62-52-34-24-22-32-50-60(9,10)48-30-20-18-28-46-58(5,6)44-26-16-14-12-2;;;;/h35-42H,11-34,43-52H2,1-10H3;4*1H/q+4;;;;/p-4. The van der Waals surface area contributed by atoms with Crippen LogP contribution in [-0.2, 0) is 0 Å². The number of ether oxygens (including phenoxy) is 2. The second-order valence-electron chi connectivity index (χ2n) is 22.1. The molecule has 10 heteroatoms. The molecule has 2 rings (SSSR count). The number of hydrogen-bond donors (Lipinski definition) is 0. The summed E-state index contributed by atoms with van der Waals surface area (Å²) in [5, 5.41) is 0. The Morgan fingerprint density at radius 2 is 0.470 bits per heavy atom. The van der Waals surface area contributed by atoms with Crippen molar-refractivity contribution in [2.45, 2.75) is 168 Å². The minimum absolute atomic E-state index is 0. The number of halogens is 4. The van der Waals surface area contributed by atoms with E-state index in [2.05, 4.69) is 119 Å². The van der Waals surface area contributed by atoms with E-state index in [0.717, 1.165) is 46.5 Å². The summed E-state index contributed by atoms with van der Waals surface area (Å²) in [6.07, 6.45) is 32.0. The fraction of sp³-hybridized carbons (Fsp3) is 0.786. The summed E-state index contributed by atoms with van der Waals surface area (Å²) < 4.78 is 17.0. The third-order valence-corrected chi connectivity index (χ3v) is 13.7. The zero-order chi connectivity index (χ0) is 45.4. The molecule has 2 aromatic rings. The average molecular weight is 1190 g/mol. The van der Waals surface area contributed by atoms with Crippen LogP contribution in [0.1, 0.15) is 168 Å². The van der Waals surface area contributed by atoms with Crippen LogP contribution in [0.3, 0.4) is 0 Å². The summed E-state index contributed by atoms with van der Waals surface area (Å²) in [6.45, 7) is 16.7. The van der Waals surface area contributed by atoms with Crippen LogP contribution < -0.4 is 77.4 Å². The number of nitrogens with zero attached hydrogens (tertiary/aromatic N) is 4. The summed E-state index contributed by atoms with van der Waals surface area (Å²) >= 11 is 0. The van der Waals surface area contributed by atoms with Gasteiger partial charge in [0.05, 0.1) is 122 Å². The maximum atomic E-state index is 6.12. The summed E-state index contributed by atoms with van der Waals surface area (Å²) in [6, 6.07) is 17.2. The number of benzene rings is 2. The lowest BCUT2D eigenvalue weighted by molar-refractivity contribution is -0.891. The zero-order valence-electron chi connectivity index (χ0n) is 44.8. The van der Waals surface area contributed by atoms with E-state index >= 15 is 0 Å². The SMILES string of the molecule is CCCCCC[N+](C)(C)CCCCCC[N+](C)(C)CCCCCCOc1ccc(-c2ccc(OCCCCCC[N+](C)(C)CCCCCC[N+](C)(C)CCCCCC)cc2)cc1.[Br-].[Br-].[Br-].[Br-]. The highest BCUT2D eigenvalue weighted by atomic mass is 79.9. The Labute approximate surface area is 453 Å². The Kier molecular flexibility index (Phi) is 44.0. The van der Waals surface area contributed by atoms with Gasteiger partial charge in [-0.2, -0.15) is 0 Å². The lowest BCUT2D eigenvalue weighted by Gasteiger charge is -2.31. The van der Waals surface area contributed by atoms with Crippen LogP contribution in [0, 0.1) is 0 Å². The minimum atomic E-state index is 0. The topological polar surface area (TPSA) is 18.5 Å². The van der Waals surface area contributed by atoms with E-state index in [4.69, 9.17) is 9.47 Å². The van der Waals surface area contributed by atoms with Gasteiger partial charge in [-0.25, -0.2) is 0 Å². The quantitative estimate of drug-likeness (QED) is 0.0750. The molecule has 0 heterocycles. The molecule has 0 fully saturated rings. The zero-order valence-corrected chi connectivity index (χ0v) is 51.1. The number of unbranched alkanes of at least 4 members (excludes halogenated alkanes) is 18. The molecule has 0 radical (unpaired) electrons. The van der Waals surface area contributed by atoms with E-state index in [1.807, 2.05) is 0 Å². The Morgan fingerprint density at radius 3 is 0.682 bits per heavy atom. The predicted octanol–water partition coefficient (Wildman–Crippen LogP) is 1.83. The minimum Gasteiger partial charge on any atom is -1.00 e. The largest absolute Gasteiger partial charge is 1.00 e. The first-order valence-corrected chi connectivity index (χ1v) is 26.4. The molecule has 0 amide bonds. The normalized spacial score (nSPS) is 11.8. The van der Waals surface area contributed by atoms with Crippen molar-refractivity contribution in [3.05, 3.63) is 48.5 Å². The molecular weight excluding hydrogens is 1080 g/mol. The summed E-state index contributed by atoms with van der Waals surface area (Å²) in [5.41, 5.74) is 2.43. The first-order chi connectivity index (χ1) is 29.7. The smallest absolute Gasteiger partial charge is 0.119 e. The molecule has 0 bridgehead atoms. The lowest BCUT2D eigenvalue weighted by atomic mass is 10.1. The Morgan fingerprint density at radius 1 is 0.273 bits per heavy atom. The van der Waals surface area contributed by atoms with Gasteiger partial charge >= 0.3 is 0 Å². The van der Waals surface area contributed by atoms with Gasteiger partial charge in [-0.15, -0.1) is 0 Å². The molecule has 0 aliphatic rings. The highest BCUT2D eigenvalue weighted by molar-refractivity contribution is 5.64.